The fourth-order valence-corrected chi connectivity index (χ4v) is 9.07. The van der Waals surface area contributed by atoms with Crippen molar-refractivity contribution in [1.29, 1.82) is 0 Å². The highest BCUT2D eigenvalue weighted by molar-refractivity contribution is 8.09. The molecular formula is C25H35NO4S2. The molecule has 1 fully saturated rings. The molecule has 0 amide bonds. The molecule has 1 heterocycles. The SMILES string of the molecule is CCCc1ccc(S(=O)(=O)C(CC2CCNCC2)S(=O)(=O)c2ccc(CCC)cc2)cc1. The lowest BCUT2D eigenvalue weighted by Gasteiger charge is -2.27. The number of benzene rings is 2. The Bertz CT molecular complexity index is 990. The van der Waals surface area contributed by atoms with Gasteiger partial charge in [0.1, 0.15) is 0 Å². The molecule has 1 N–H and O–H groups in total. The zero-order valence-electron chi connectivity index (χ0n) is 19.1. The van der Waals surface area contributed by atoms with Gasteiger partial charge in [0.05, 0.1) is 9.79 Å². The monoisotopic (exact) mass is 477 g/mol. The standard InChI is InChI=1S/C25H35NO4S2/c1-3-5-20-7-11-23(12-8-20)31(27,28)25(19-22-15-17-26-18-16-22)32(29,30)24-13-9-21(6-4-2)10-14-24/h7-14,22,25-26H,3-6,15-19H2,1-2H3. The number of nitrogens with one attached hydrogen (secondary N) is 1. The van der Waals surface area contributed by atoms with E-state index in [1.54, 1.807) is 48.5 Å². The molecule has 176 valence electrons. The van der Waals surface area contributed by atoms with Gasteiger partial charge < -0.3 is 5.32 Å². The minimum Gasteiger partial charge on any atom is -0.317 e. The maximum absolute atomic E-state index is 13.7. The van der Waals surface area contributed by atoms with Crippen molar-refractivity contribution in [3.05, 3.63) is 59.7 Å². The van der Waals surface area contributed by atoms with Crippen molar-refractivity contribution in [2.75, 3.05) is 13.1 Å². The van der Waals surface area contributed by atoms with Crippen molar-refractivity contribution >= 4 is 19.7 Å². The molecule has 0 spiro atoms. The van der Waals surface area contributed by atoms with Crippen LogP contribution in [-0.4, -0.2) is 34.5 Å². The topological polar surface area (TPSA) is 80.3 Å². The molecule has 0 radical (unpaired) electrons. The molecule has 2 aromatic carbocycles. The Morgan fingerprint density at radius 3 is 1.53 bits per heavy atom. The van der Waals surface area contributed by atoms with Crippen LogP contribution in [0.2, 0.25) is 0 Å². The molecule has 1 saturated heterocycles. The number of aryl methyl sites for hydroxylation is 2. The third kappa shape index (κ3) is 5.80. The van der Waals surface area contributed by atoms with Gasteiger partial charge in [0, 0.05) is 0 Å². The van der Waals surface area contributed by atoms with Gasteiger partial charge in [0.15, 0.2) is 24.3 Å². The van der Waals surface area contributed by atoms with Gasteiger partial charge in [-0.25, -0.2) is 16.8 Å². The Labute approximate surface area is 193 Å². The molecular weight excluding hydrogens is 442 g/mol. The first-order valence-electron chi connectivity index (χ1n) is 11.7. The first-order chi connectivity index (χ1) is 15.3. The fourth-order valence-electron chi connectivity index (χ4n) is 4.38. The van der Waals surface area contributed by atoms with E-state index in [9.17, 15) is 16.8 Å². The van der Waals surface area contributed by atoms with Crippen LogP contribution in [0.3, 0.4) is 0 Å². The summed E-state index contributed by atoms with van der Waals surface area (Å²) in [6, 6.07) is 13.4. The van der Waals surface area contributed by atoms with E-state index in [0.29, 0.717) is 0 Å². The van der Waals surface area contributed by atoms with Crippen molar-refractivity contribution in [3.63, 3.8) is 0 Å². The van der Waals surface area contributed by atoms with Crippen molar-refractivity contribution in [2.24, 2.45) is 5.92 Å². The molecule has 0 saturated carbocycles. The van der Waals surface area contributed by atoms with Crippen LogP contribution in [0.15, 0.2) is 58.3 Å². The molecule has 3 rings (SSSR count). The second-order valence-corrected chi connectivity index (χ2v) is 13.3. The summed E-state index contributed by atoms with van der Waals surface area (Å²) in [7, 11) is -8.13. The van der Waals surface area contributed by atoms with Crippen LogP contribution in [0.1, 0.15) is 57.1 Å². The highest BCUT2D eigenvalue weighted by Crippen LogP contribution is 2.33. The van der Waals surface area contributed by atoms with Crippen LogP contribution in [0.25, 0.3) is 0 Å². The lowest BCUT2D eigenvalue weighted by atomic mass is 9.95. The van der Waals surface area contributed by atoms with E-state index in [4.69, 9.17) is 0 Å². The first-order valence-corrected chi connectivity index (χ1v) is 14.7. The van der Waals surface area contributed by atoms with E-state index in [1.807, 2.05) is 0 Å². The normalized spacial score (nSPS) is 15.8. The van der Waals surface area contributed by atoms with E-state index in [0.717, 1.165) is 62.7 Å². The molecule has 0 aliphatic carbocycles. The molecule has 7 heteroatoms. The number of piperidine rings is 1. The summed E-state index contributed by atoms with van der Waals surface area (Å²) in [5, 5.41) is 3.27. The molecule has 0 bridgehead atoms. The zero-order valence-corrected chi connectivity index (χ0v) is 20.7. The highest BCUT2D eigenvalue weighted by Gasteiger charge is 2.41. The van der Waals surface area contributed by atoms with Crippen molar-refractivity contribution in [1.82, 2.24) is 5.32 Å². The number of hydrogen-bond acceptors (Lipinski definition) is 5. The minimum atomic E-state index is -4.07. The van der Waals surface area contributed by atoms with Gasteiger partial charge >= 0.3 is 0 Å². The summed E-state index contributed by atoms with van der Waals surface area (Å²) >= 11 is 0. The average Bonchev–Trinajstić information content (AvgIpc) is 2.79. The van der Waals surface area contributed by atoms with Crippen LogP contribution in [0, 0.1) is 5.92 Å². The van der Waals surface area contributed by atoms with Gasteiger partial charge in [0.25, 0.3) is 0 Å². The van der Waals surface area contributed by atoms with E-state index in [1.165, 1.54) is 0 Å². The predicted octanol–water partition coefficient (Wildman–Crippen LogP) is 4.56. The Morgan fingerprint density at radius 2 is 1.16 bits per heavy atom. The summed E-state index contributed by atoms with van der Waals surface area (Å²) in [5.74, 6) is 0.0597. The smallest absolute Gasteiger partial charge is 0.195 e. The van der Waals surface area contributed by atoms with E-state index >= 15 is 0 Å². The summed E-state index contributed by atoms with van der Waals surface area (Å²) < 4.78 is 53.2. The van der Waals surface area contributed by atoms with Crippen LogP contribution in [-0.2, 0) is 32.5 Å². The number of hydrogen-bond donors (Lipinski definition) is 1. The Hall–Kier alpha value is -1.70. The van der Waals surface area contributed by atoms with Gasteiger partial charge in [-0.15, -0.1) is 0 Å². The van der Waals surface area contributed by atoms with Crippen LogP contribution >= 0.6 is 0 Å². The second-order valence-electron chi connectivity index (χ2n) is 8.74. The average molecular weight is 478 g/mol. The maximum Gasteiger partial charge on any atom is 0.195 e. The van der Waals surface area contributed by atoms with Gasteiger partial charge in [-0.1, -0.05) is 51.0 Å². The molecule has 32 heavy (non-hydrogen) atoms. The largest absolute Gasteiger partial charge is 0.317 e. The molecule has 5 nitrogen and oxygen atoms in total. The van der Waals surface area contributed by atoms with Gasteiger partial charge in [0.2, 0.25) is 0 Å². The lowest BCUT2D eigenvalue weighted by Crippen LogP contribution is -2.36. The molecule has 0 aromatic heterocycles. The molecule has 0 unspecified atom stereocenters. The summed E-state index contributed by atoms with van der Waals surface area (Å²) in [5.41, 5.74) is 2.10. The molecule has 0 atom stereocenters. The fraction of sp³-hybridized carbons (Fsp3) is 0.520. The summed E-state index contributed by atoms with van der Waals surface area (Å²) in [4.78, 5) is 0.171. The third-order valence-electron chi connectivity index (χ3n) is 6.26. The predicted molar refractivity (Wildman–Crippen MR) is 129 cm³/mol. The summed E-state index contributed by atoms with van der Waals surface area (Å²) in [6.45, 7) is 5.71. The molecule has 1 aliphatic heterocycles. The minimum absolute atomic E-state index is 0.0597. The third-order valence-corrected chi connectivity index (χ3v) is 11.4. The van der Waals surface area contributed by atoms with Gasteiger partial charge in [-0.05, 0) is 86.5 Å². The number of sulfone groups is 2. The maximum atomic E-state index is 13.7. The Kier molecular flexibility index (Phi) is 8.53. The van der Waals surface area contributed by atoms with Crippen molar-refractivity contribution < 1.29 is 16.8 Å². The van der Waals surface area contributed by atoms with Gasteiger partial charge in [-0.3, -0.25) is 0 Å². The quantitative estimate of drug-likeness (QED) is 0.543. The Morgan fingerprint density at radius 1 is 0.750 bits per heavy atom. The van der Waals surface area contributed by atoms with Gasteiger partial charge in [-0.2, -0.15) is 0 Å². The first kappa shape index (κ1) is 24.9. The second kappa shape index (κ2) is 10.9. The van der Waals surface area contributed by atoms with E-state index < -0.39 is 24.3 Å². The Balaban J connectivity index is 1.99. The van der Waals surface area contributed by atoms with Crippen molar-refractivity contribution in [2.45, 2.75) is 73.2 Å². The number of rotatable bonds is 10. The van der Waals surface area contributed by atoms with E-state index in [-0.39, 0.29) is 22.1 Å². The van der Waals surface area contributed by atoms with Crippen LogP contribution in [0.4, 0.5) is 0 Å². The van der Waals surface area contributed by atoms with Crippen LogP contribution in [0.5, 0.6) is 0 Å². The van der Waals surface area contributed by atoms with E-state index in [2.05, 4.69) is 19.2 Å². The zero-order chi connectivity index (χ0) is 23.2. The summed E-state index contributed by atoms with van der Waals surface area (Å²) in [6.07, 6.45) is 5.35. The molecule has 1 aliphatic rings. The van der Waals surface area contributed by atoms with Crippen molar-refractivity contribution in [3.8, 4) is 0 Å². The molecule has 2 aromatic rings. The highest BCUT2D eigenvalue weighted by atomic mass is 32.3. The lowest BCUT2D eigenvalue weighted by molar-refractivity contribution is 0.358. The van der Waals surface area contributed by atoms with Crippen LogP contribution < -0.4 is 5.32 Å².